The van der Waals surface area contributed by atoms with Crippen LogP contribution in [0.3, 0.4) is 0 Å². The highest BCUT2D eigenvalue weighted by Gasteiger charge is 2.22. The third-order valence-electron chi connectivity index (χ3n) is 3.72. The maximum atomic E-state index is 12.6. The van der Waals surface area contributed by atoms with Crippen molar-refractivity contribution in [3.8, 4) is 0 Å². The van der Waals surface area contributed by atoms with Crippen molar-refractivity contribution < 1.29 is 14.7 Å². The predicted molar refractivity (Wildman–Crippen MR) is 92.4 cm³/mol. The molecule has 0 saturated carbocycles. The Kier molecular flexibility index (Phi) is 6.37. The predicted octanol–water partition coefficient (Wildman–Crippen LogP) is 3.26. The monoisotopic (exact) mass is 326 g/mol. The SMILES string of the molecule is CCC(NC(=O)N(Cc1ccccc1)Cc1ccccc1)C(=O)O. The third kappa shape index (κ3) is 5.12. The number of benzene rings is 2. The molecule has 2 aromatic carbocycles. The average Bonchev–Trinajstić information content (AvgIpc) is 2.60. The summed E-state index contributed by atoms with van der Waals surface area (Å²) >= 11 is 0. The molecule has 0 aliphatic heterocycles. The zero-order chi connectivity index (χ0) is 17.4. The molecule has 0 aliphatic rings. The minimum atomic E-state index is -1.02. The van der Waals surface area contributed by atoms with E-state index in [9.17, 15) is 9.59 Å². The summed E-state index contributed by atoms with van der Waals surface area (Å²) in [6.07, 6.45) is 0.339. The van der Waals surface area contributed by atoms with E-state index in [4.69, 9.17) is 5.11 Å². The minimum Gasteiger partial charge on any atom is -0.480 e. The normalized spacial score (nSPS) is 11.5. The lowest BCUT2D eigenvalue weighted by atomic mass is 10.1. The highest BCUT2D eigenvalue weighted by molar-refractivity contribution is 5.82. The molecular formula is C19H22N2O3. The van der Waals surface area contributed by atoms with E-state index in [0.29, 0.717) is 19.5 Å². The molecule has 2 N–H and O–H groups in total. The first-order chi connectivity index (χ1) is 11.6. The van der Waals surface area contributed by atoms with Crippen LogP contribution >= 0.6 is 0 Å². The van der Waals surface area contributed by atoms with Crippen molar-refractivity contribution in [2.24, 2.45) is 0 Å². The summed E-state index contributed by atoms with van der Waals surface area (Å²) in [5.74, 6) is -1.02. The van der Waals surface area contributed by atoms with E-state index < -0.39 is 12.0 Å². The number of urea groups is 1. The van der Waals surface area contributed by atoms with E-state index >= 15 is 0 Å². The Hall–Kier alpha value is -2.82. The van der Waals surface area contributed by atoms with Gasteiger partial charge >= 0.3 is 12.0 Å². The van der Waals surface area contributed by atoms with Gasteiger partial charge in [0.25, 0.3) is 0 Å². The molecule has 24 heavy (non-hydrogen) atoms. The number of carboxylic acids is 1. The van der Waals surface area contributed by atoms with Crippen molar-refractivity contribution in [1.29, 1.82) is 0 Å². The van der Waals surface area contributed by atoms with Gasteiger partial charge in [-0.05, 0) is 17.5 Å². The smallest absolute Gasteiger partial charge is 0.326 e. The van der Waals surface area contributed by atoms with Crippen molar-refractivity contribution in [2.45, 2.75) is 32.5 Å². The van der Waals surface area contributed by atoms with Gasteiger partial charge in [-0.2, -0.15) is 0 Å². The Bertz CT molecular complexity index is 617. The van der Waals surface area contributed by atoms with Gasteiger partial charge in [0, 0.05) is 13.1 Å². The molecule has 0 heterocycles. The highest BCUT2D eigenvalue weighted by atomic mass is 16.4. The maximum absolute atomic E-state index is 12.6. The number of hydrogen-bond acceptors (Lipinski definition) is 2. The van der Waals surface area contributed by atoms with E-state index in [1.165, 1.54) is 0 Å². The van der Waals surface area contributed by atoms with E-state index in [1.807, 2.05) is 60.7 Å². The zero-order valence-corrected chi connectivity index (χ0v) is 13.7. The van der Waals surface area contributed by atoms with Crippen LogP contribution in [0.4, 0.5) is 4.79 Å². The van der Waals surface area contributed by atoms with Crippen molar-refractivity contribution in [3.63, 3.8) is 0 Å². The van der Waals surface area contributed by atoms with Gasteiger partial charge in [-0.1, -0.05) is 67.6 Å². The van der Waals surface area contributed by atoms with Crippen LogP contribution in [0.2, 0.25) is 0 Å². The van der Waals surface area contributed by atoms with Gasteiger partial charge in [0.15, 0.2) is 0 Å². The minimum absolute atomic E-state index is 0.339. The summed E-state index contributed by atoms with van der Waals surface area (Å²) in [5, 5.41) is 11.7. The van der Waals surface area contributed by atoms with Crippen molar-refractivity contribution in [3.05, 3.63) is 71.8 Å². The largest absolute Gasteiger partial charge is 0.480 e. The molecule has 0 saturated heterocycles. The van der Waals surface area contributed by atoms with Gasteiger partial charge in [0.05, 0.1) is 0 Å². The Morgan fingerprint density at radius 3 is 1.79 bits per heavy atom. The second kappa shape index (κ2) is 8.72. The Morgan fingerprint density at radius 1 is 0.958 bits per heavy atom. The van der Waals surface area contributed by atoms with Gasteiger partial charge in [0.2, 0.25) is 0 Å². The van der Waals surface area contributed by atoms with E-state index in [2.05, 4.69) is 5.32 Å². The fraction of sp³-hybridized carbons (Fsp3) is 0.263. The van der Waals surface area contributed by atoms with Crippen molar-refractivity contribution in [1.82, 2.24) is 10.2 Å². The van der Waals surface area contributed by atoms with Crippen LogP contribution in [0.1, 0.15) is 24.5 Å². The van der Waals surface area contributed by atoms with Gasteiger partial charge in [-0.25, -0.2) is 9.59 Å². The van der Waals surface area contributed by atoms with Crippen LogP contribution in [-0.2, 0) is 17.9 Å². The molecule has 0 aromatic heterocycles. The number of nitrogens with one attached hydrogen (secondary N) is 1. The average molecular weight is 326 g/mol. The number of carboxylic acid groups (broad SMARTS) is 1. The second-order valence-corrected chi connectivity index (χ2v) is 5.58. The second-order valence-electron chi connectivity index (χ2n) is 5.58. The van der Waals surface area contributed by atoms with E-state index in [-0.39, 0.29) is 6.03 Å². The summed E-state index contributed by atoms with van der Waals surface area (Å²) < 4.78 is 0. The molecule has 0 spiro atoms. The van der Waals surface area contributed by atoms with Crippen molar-refractivity contribution in [2.75, 3.05) is 0 Å². The van der Waals surface area contributed by atoms with Gasteiger partial charge < -0.3 is 15.3 Å². The van der Waals surface area contributed by atoms with Crippen molar-refractivity contribution >= 4 is 12.0 Å². The van der Waals surface area contributed by atoms with Crippen LogP contribution in [0.25, 0.3) is 0 Å². The van der Waals surface area contributed by atoms with Crippen LogP contribution in [0.5, 0.6) is 0 Å². The highest BCUT2D eigenvalue weighted by Crippen LogP contribution is 2.11. The summed E-state index contributed by atoms with van der Waals surface area (Å²) in [6.45, 7) is 2.56. The molecular weight excluding hydrogens is 304 g/mol. The van der Waals surface area contributed by atoms with Gasteiger partial charge in [-0.3, -0.25) is 0 Å². The first-order valence-electron chi connectivity index (χ1n) is 7.96. The summed E-state index contributed by atoms with van der Waals surface area (Å²) in [5.41, 5.74) is 1.99. The zero-order valence-electron chi connectivity index (χ0n) is 13.7. The number of amides is 2. The lowest BCUT2D eigenvalue weighted by Gasteiger charge is -2.25. The molecule has 0 fully saturated rings. The first kappa shape index (κ1) is 17.5. The number of carbonyl (C=O) groups is 2. The molecule has 126 valence electrons. The number of hydrogen-bond donors (Lipinski definition) is 2. The summed E-state index contributed by atoms with van der Waals surface area (Å²) in [6, 6.07) is 18.0. The maximum Gasteiger partial charge on any atom is 0.326 e. The number of carbonyl (C=O) groups excluding carboxylic acids is 1. The van der Waals surface area contributed by atoms with E-state index in [1.54, 1.807) is 11.8 Å². The number of rotatable bonds is 7. The number of nitrogens with zero attached hydrogens (tertiary/aromatic N) is 1. The number of aliphatic carboxylic acids is 1. The van der Waals surface area contributed by atoms with Crippen LogP contribution in [-0.4, -0.2) is 28.0 Å². The molecule has 2 rings (SSSR count). The van der Waals surface area contributed by atoms with Crippen LogP contribution in [0, 0.1) is 0 Å². The Labute approximate surface area is 141 Å². The molecule has 5 heteroatoms. The lowest BCUT2D eigenvalue weighted by Crippen LogP contribution is -2.47. The Balaban J connectivity index is 2.15. The first-order valence-corrected chi connectivity index (χ1v) is 7.96. The quantitative estimate of drug-likeness (QED) is 0.820. The fourth-order valence-electron chi connectivity index (χ4n) is 2.39. The van der Waals surface area contributed by atoms with Gasteiger partial charge in [-0.15, -0.1) is 0 Å². The van der Waals surface area contributed by atoms with Crippen LogP contribution in [0.15, 0.2) is 60.7 Å². The van der Waals surface area contributed by atoms with E-state index in [0.717, 1.165) is 11.1 Å². The molecule has 5 nitrogen and oxygen atoms in total. The van der Waals surface area contributed by atoms with Gasteiger partial charge in [0.1, 0.15) is 6.04 Å². The summed E-state index contributed by atoms with van der Waals surface area (Å²) in [7, 11) is 0. The standard InChI is InChI=1S/C19H22N2O3/c1-2-17(18(22)23)20-19(24)21(13-15-9-5-3-6-10-15)14-16-11-7-4-8-12-16/h3-12,17H,2,13-14H2,1H3,(H,20,24)(H,22,23). The molecule has 2 aromatic rings. The molecule has 0 bridgehead atoms. The van der Waals surface area contributed by atoms with Crippen LogP contribution < -0.4 is 5.32 Å². The Morgan fingerprint density at radius 2 is 1.42 bits per heavy atom. The third-order valence-corrected chi connectivity index (χ3v) is 3.72. The molecule has 2 amide bonds. The molecule has 0 radical (unpaired) electrons. The fourth-order valence-corrected chi connectivity index (χ4v) is 2.39. The summed E-state index contributed by atoms with van der Waals surface area (Å²) in [4.78, 5) is 25.4. The molecule has 1 atom stereocenters. The molecule has 1 unspecified atom stereocenters. The molecule has 0 aliphatic carbocycles. The topological polar surface area (TPSA) is 69.6 Å². The lowest BCUT2D eigenvalue weighted by molar-refractivity contribution is -0.139.